The van der Waals surface area contributed by atoms with Gasteiger partial charge in [0.2, 0.25) is 0 Å². The van der Waals surface area contributed by atoms with Gasteiger partial charge in [0, 0.05) is 12.6 Å². The van der Waals surface area contributed by atoms with E-state index in [2.05, 4.69) is 5.32 Å². The largest absolute Gasteiger partial charge is 0.355 e. The van der Waals surface area contributed by atoms with E-state index in [0.29, 0.717) is 11.0 Å². The molecule has 3 heteroatoms. The highest BCUT2D eigenvalue weighted by atomic mass is 16.1. The van der Waals surface area contributed by atoms with Crippen LogP contribution in [0.5, 0.6) is 0 Å². The summed E-state index contributed by atoms with van der Waals surface area (Å²) >= 11 is 0. The maximum Gasteiger partial charge on any atom is 0.251 e. The summed E-state index contributed by atoms with van der Waals surface area (Å²) < 4.78 is 0. The van der Waals surface area contributed by atoms with Crippen molar-refractivity contribution in [2.24, 2.45) is 0 Å². The first kappa shape index (κ1) is 8.85. The first-order valence-electron chi connectivity index (χ1n) is 3.72. The Hall–Kier alpha value is -1.25. The summed E-state index contributed by atoms with van der Waals surface area (Å²) in [6.07, 6.45) is 0. The lowest BCUT2D eigenvalue weighted by Gasteiger charge is -2.02. The molecule has 0 saturated carbocycles. The smallest absolute Gasteiger partial charge is 0.251 e. The molecule has 0 spiro atoms. The van der Waals surface area contributed by atoms with E-state index in [4.69, 9.17) is 7.85 Å². The van der Waals surface area contributed by atoms with Crippen LogP contribution in [0.4, 0.5) is 0 Å². The van der Waals surface area contributed by atoms with Gasteiger partial charge in [-0.25, -0.2) is 0 Å². The topological polar surface area (TPSA) is 29.1 Å². The van der Waals surface area contributed by atoms with E-state index < -0.39 is 0 Å². The van der Waals surface area contributed by atoms with E-state index in [1.54, 1.807) is 19.2 Å². The molecule has 1 aromatic rings. The molecule has 0 saturated heterocycles. The lowest BCUT2D eigenvalue weighted by molar-refractivity contribution is 0.0963. The molecule has 0 aliphatic heterocycles. The Balaban J connectivity index is 3.08. The minimum Gasteiger partial charge on any atom is -0.355 e. The predicted molar refractivity (Wildman–Crippen MR) is 50.0 cm³/mol. The molecule has 0 unspecified atom stereocenters. The molecule has 0 heterocycles. The third-order valence-electron chi connectivity index (χ3n) is 1.59. The minimum absolute atomic E-state index is 0.106. The molecule has 60 valence electrons. The number of amides is 1. The Morgan fingerprint density at radius 2 is 2.08 bits per heavy atom. The maximum atomic E-state index is 11.2. The van der Waals surface area contributed by atoms with E-state index in [1.165, 1.54) is 0 Å². The lowest BCUT2D eigenvalue weighted by atomic mass is 9.92. The number of benzene rings is 1. The van der Waals surface area contributed by atoms with Gasteiger partial charge < -0.3 is 5.32 Å². The van der Waals surface area contributed by atoms with Crippen molar-refractivity contribution in [3.8, 4) is 0 Å². The van der Waals surface area contributed by atoms with Crippen molar-refractivity contribution in [1.82, 2.24) is 5.32 Å². The van der Waals surface area contributed by atoms with Crippen LogP contribution in [0.15, 0.2) is 18.2 Å². The van der Waals surface area contributed by atoms with Crippen molar-refractivity contribution in [3.63, 3.8) is 0 Å². The number of aryl methyl sites for hydroxylation is 1. The summed E-state index contributed by atoms with van der Waals surface area (Å²) in [5.74, 6) is -0.106. The highest BCUT2D eigenvalue weighted by Gasteiger charge is 2.02. The molecule has 1 rings (SSSR count). The van der Waals surface area contributed by atoms with Gasteiger partial charge in [0.05, 0.1) is 0 Å². The van der Waals surface area contributed by atoms with Gasteiger partial charge in [-0.3, -0.25) is 4.79 Å². The van der Waals surface area contributed by atoms with Crippen LogP contribution in [0.1, 0.15) is 15.9 Å². The van der Waals surface area contributed by atoms with Crippen LogP contribution >= 0.6 is 0 Å². The highest BCUT2D eigenvalue weighted by molar-refractivity contribution is 6.32. The Bertz CT molecular complexity index is 289. The average Bonchev–Trinajstić information content (AvgIpc) is 2.01. The Morgan fingerprint density at radius 3 is 2.58 bits per heavy atom. The molecule has 0 aliphatic carbocycles. The molecule has 1 amide bonds. The number of hydrogen-bond acceptors (Lipinski definition) is 1. The maximum absolute atomic E-state index is 11.2. The fourth-order valence-corrected chi connectivity index (χ4v) is 1.09. The SMILES string of the molecule is [B]c1cc(C)cc(C(=O)NC)c1. The Kier molecular flexibility index (Phi) is 2.53. The van der Waals surface area contributed by atoms with Gasteiger partial charge in [-0.15, -0.1) is 0 Å². The fourth-order valence-electron chi connectivity index (χ4n) is 1.09. The van der Waals surface area contributed by atoms with Crippen LogP contribution in [0.2, 0.25) is 0 Å². The number of rotatable bonds is 1. The van der Waals surface area contributed by atoms with Crippen molar-refractivity contribution in [2.45, 2.75) is 6.92 Å². The van der Waals surface area contributed by atoms with Crippen LogP contribution in [-0.4, -0.2) is 20.8 Å². The van der Waals surface area contributed by atoms with Crippen LogP contribution < -0.4 is 10.8 Å². The zero-order chi connectivity index (χ0) is 9.14. The average molecular weight is 159 g/mol. The lowest BCUT2D eigenvalue weighted by Crippen LogP contribution is -2.20. The molecule has 1 N–H and O–H groups in total. The third-order valence-corrected chi connectivity index (χ3v) is 1.59. The molecule has 1 aromatic carbocycles. The first-order chi connectivity index (χ1) is 5.63. The summed E-state index contributed by atoms with van der Waals surface area (Å²) in [6, 6.07) is 5.29. The molecule has 0 fully saturated rings. The van der Waals surface area contributed by atoms with Gasteiger partial charge >= 0.3 is 0 Å². The quantitative estimate of drug-likeness (QED) is 0.580. The number of nitrogens with one attached hydrogen (secondary N) is 1. The van der Waals surface area contributed by atoms with Crippen molar-refractivity contribution in [3.05, 3.63) is 29.3 Å². The molecule has 0 atom stereocenters. The Morgan fingerprint density at radius 1 is 1.42 bits per heavy atom. The van der Waals surface area contributed by atoms with E-state index in [1.807, 2.05) is 13.0 Å². The zero-order valence-corrected chi connectivity index (χ0v) is 7.22. The first-order valence-corrected chi connectivity index (χ1v) is 3.72. The minimum atomic E-state index is -0.106. The zero-order valence-electron chi connectivity index (χ0n) is 7.22. The summed E-state index contributed by atoms with van der Waals surface area (Å²) in [7, 11) is 7.17. The Labute approximate surface area is 73.4 Å². The van der Waals surface area contributed by atoms with Gasteiger partial charge in [0.15, 0.2) is 0 Å². The van der Waals surface area contributed by atoms with Crippen molar-refractivity contribution >= 4 is 19.2 Å². The van der Waals surface area contributed by atoms with Crippen molar-refractivity contribution in [2.75, 3.05) is 7.05 Å². The normalized spacial score (nSPS) is 9.50. The van der Waals surface area contributed by atoms with E-state index in [-0.39, 0.29) is 5.91 Å². The molecule has 12 heavy (non-hydrogen) atoms. The number of carbonyl (C=O) groups excluding carboxylic acids is 1. The van der Waals surface area contributed by atoms with Gasteiger partial charge in [0.25, 0.3) is 5.91 Å². The van der Waals surface area contributed by atoms with Gasteiger partial charge in [-0.2, -0.15) is 0 Å². The van der Waals surface area contributed by atoms with E-state index >= 15 is 0 Å². The molecular weight excluding hydrogens is 149 g/mol. The summed E-state index contributed by atoms with van der Waals surface area (Å²) in [5.41, 5.74) is 2.22. The standard InChI is InChI=1S/C9H10BNO/c1-6-3-7(9(12)11-2)5-8(10)4-6/h3-5H,1-2H3,(H,11,12). The summed E-state index contributed by atoms with van der Waals surface area (Å²) in [5, 5.41) is 2.54. The van der Waals surface area contributed by atoms with Gasteiger partial charge in [0.1, 0.15) is 7.85 Å². The third kappa shape index (κ3) is 1.88. The highest BCUT2D eigenvalue weighted by Crippen LogP contribution is 2.00. The summed E-state index contributed by atoms with van der Waals surface area (Å²) in [6.45, 7) is 1.91. The van der Waals surface area contributed by atoms with Crippen LogP contribution in [0.25, 0.3) is 0 Å². The second-order valence-electron chi connectivity index (χ2n) is 2.71. The monoisotopic (exact) mass is 159 g/mol. The van der Waals surface area contributed by atoms with Gasteiger partial charge in [-0.1, -0.05) is 23.2 Å². The molecule has 2 nitrogen and oxygen atoms in total. The molecule has 0 aliphatic rings. The van der Waals surface area contributed by atoms with Crippen molar-refractivity contribution < 1.29 is 4.79 Å². The molecule has 2 radical (unpaired) electrons. The number of hydrogen-bond donors (Lipinski definition) is 1. The van der Waals surface area contributed by atoms with E-state index in [9.17, 15) is 4.79 Å². The second-order valence-corrected chi connectivity index (χ2v) is 2.71. The van der Waals surface area contributed by atoms with Crippen LogP contribution in [0.3, 0.4) is 0 Å². The number of carbonyl (C=O) groups is 1. The summed E-state index contributed by atoms with van der Waals surface area (Å²) in [4.78, 5) is 11.2. The van der Waals surface area contributed by atoms with E-state index in [0.717, 1.165) is 5.56 Å². The van der Waals surface area contributed by atoms with Gasteiger partial charge in [-0.05, 0) is 13.0 Å². The van der Waals surface area contributed by atoms with Crippen molar-refractivity contribution in [1.29, 1.82) is 0 Å². The van der Waals surface area contributed by atoms with Crippen LogP contribution in [0, 0.1) is 6.92 Å². The molecular formula is C9H10BNO. The fraction of sp³-hybridized carbons (Fsp3) is 0.222. The second kappa shape index (κ2) is 3.43. The predicted octanol–water partition coefficient (Wildman–Crippen LogP) is 0.148. The molecule has 0 bridgehead atoms. The van der Waals surface area contributed by atoms with Crippen LogP contribution in [-0.2, 0) is 0 Å². The molecule has 0 aromatic heterocycles.